The summed E-state index contributed by atoms with van der Waals surface area (Å²) in [5.41, 5.74) is 0.531. The smallest absolute Gasteiger partial charge is 0.242 e. The van der Waals surface area contributed by atoms with Crippen LogP contribution in [0.4, 0.5) is 0 Å². The Hall–Kier alpha value is -0.270. The highest BCUT2D eigenvalue weighted by Crippen LogP contribution is 2.25. The van der Waals surface area contributed by atoms with Crippen molar-refractivity contribution >= 4 is 33.4 Å². The Morgan fingerprint density at radius 3 is 2.70 bits per heavy atom. The third-order valence-corrected chi connectivity index (χ3v) is 6.32. The highest BCUT2D eigenvalue weighted by molar-refractivity contribution is 7.99. The summed E-state index contributed by atoms with van der Waals surface area (Å²) in [5.74, 6) is 2.58. The molecule has 0 amide bonds. The lowest BCUT2D eigenvalue weighted by Gasteiger charge is -2.21. The second-order valence-electron chi connectivity index (χ2n) is 4.83. The van der Waals surface area contributed by atoms with Crippen LogP contribution in [0.15, 0.2) is 23.1 Å². The molecule has 0 aliphatic carbocycles. The molecular weight excluding hydrogens is 318 g/mol. The maximum atomic E-state index is 12.3. The van der Waals surface area contributed by atoms with Crippen LogP contribution in [0, 0.1) is 5.92 Å². The quantitative estimate of drug-likeness (QED) is 0.866. The van der Waals surface area contributed by atoms with E-state index in [4.69, 9.17) is 16.7 Å². The van der Waals surface area contributed by atoms with Crippen molar-refractivity contribution in [2.24, 2.45) is 5.92 Å². The van der Waals surface area contributed by atoms with Crippen molar-refractivity contribution in [2.75, 3.05) is 18.1 Å². The molecule has 0 radical (unpaired) electrons. The van der Waals surface area contributed by atoms with Crippen LogP contribution in [0.1, 0.15) is 18.4 Å². The van der Waals surface area contributed by atoms with Gasteiger partial charge in [-0.2, -0.15) is 11.8 Å². The molecule has 1 aliphatic heterocycles. The average Bonchev–Trinajstić information content (AvgIpc) is 2.47. The van der Waals surface area contributed by atoms with Crippen molar-refractivity contribution < 1.29 is 13.5 Å². The third-order valence-electron chi connectivity index (χ3n) is 3.37. The van der Waals surface area contributed by atoms with Gasteiger partial charge < -0.3 is 5.11 Å². The van der Waals surface area contributed by atoms with Crippen LogP contribution < -0.4 is 4.72 Å². The second-order valence-corrected chi connectivity index (χ2v) is 8.20. The summed E-state index contributed by atoms with van der Waals surface area (Å²) in [4.78, 5) is 0.0379. The predicted molar refractivity (Wildman–Crippen MR) is 82.6 cm³/mol. The largest absolute Gasteiger partial charge is 0.392 e. The number of sulfonamides is 1. The van der Waals surface area contributed by atoms with Gasteiger partial charge in [-0.1, -0.05) is 17.7 Å². The zero-order valence-electron chi connectivity index (χ0n) is 11.0. The Balaban J connectivity index is 2.09. The second kappa shape index (κ2) is 7.13. The molecule has 2 rings (SSSR count). The molecule has 0 atom stereocenters. The fraction of sp³-hybridized carbons (Fsp3) is 0.538. The Kier molecular flexibility index (Phi) is 5.74. The van der Waals surface area contributed by atoms with Gasteiger partial charge in [0.25, 0.3) is 0 Å². The molecule has 0 saturated carbocycles. The van der Waals surface area contributed by atoms with E-state index < -0.39 is 10.0 Å². The number of aliphatic hydroxyl groups excluding tert-OH is 1. The first-order valence-corrected chi connectivity index (χ1v) is 9.51. The van der Waals surface area contributed by atoms with E-state index in [2.05, 4.69) is 4.72 Å². The summed E-state index contributed by atoms with van der Waals surface area (Å²) >= 11 is 7.86. The van der Waals surface area contributed by atoms with Gasteiger partial charge in [-0.3, -0.25) is 0 Å². The minimum absolute atomic E-state index is 0.0379. The molecule has 0 unspecified atom stereocenters. The van der Waals surface area contributed by atoms with Crippen LogP contribution in [0.25, 0.3) is 0 Å². The number of halogens is 1. The molecule has 1 heterocycles. The summed E-state index contributed by atoms with van der Waals surface area (Å²) in [7, 11) is -3.62. The van der Waals surface area contributed by atoms with E-state index in [0.717, 1.165) is 24.3 Å². The van der Waals surface area contributed by atoms with Gasteiger partial charge in [0.2, 0.25) is 10.0 Å². The summed E-state index contributed by atoms with van der Waals surface area (Å²) in [6.45, 7) is 0.238. The molecular formula is C13H18ClNO3S2. The van der Waals surface area contributed by atoms with Gasteiger partial charge in [0, 0.05) is 6.54 Å². The Labute approximate surface area is 129 Å². The molecule has 2 N–H and O–H groups in total. The fourth-order valence-electron chi connectivity index (χ4n) is 2.11. The maximum absolute atomic E-state index is 12.3. The number of aliphatic hydroxyl groups is 1. The molecule has 1 aromatic rings. The lowest BCUT2D eigenvalue weighted by atomic mass is 10.0. The van der Waals surface area contributed by atoms with Crippen molar-refractivity contribution in [3.8, 4) is 0 Å². The summed E-state index contributed by atoms with van der Waals surface area (Å²) < 4.78 is 27.2. The van der Waals surface area contributed by atoms with Gasteiger partial charge >= 0.3 is 0 Å². The summed E-state index contributed by atoms with van der Waals surface area (Å²) in [5, 5.41) is 9.27. The Bertz CT molecular complexity index is 557. The average molecular weight is 336 g/mol. The molecule has 1 fully saturated rings. The SMILES string of the molecule is O=S(=O)(NCC1CCSCC1)c1cc(CO)ccc1Cl. The molecule has 7 heteroatoms. The van der Waals surface area contributed by atoms with Gasteiger partial charge in [0.15, 0.2) is 0 Å². The molecule has 0 spiro atoms. The maximum Gasteiger partial charge on any atom is 0.242 e. The first kappa shape index (κ1) is 16.1. The lowest BCUT2D eigenvalue weighted by Crippen LogP contribution is -2.31. The third kappa shape index (κ3) is 4.11. The van der Waals surface area contributed by atoms with Crippen LogP contribution in [0.2, 0.25) is 5.02 Å². The number of rotatable bonds is 5. The van der Waals surface area contributed by atoms with Crippen molar-refractivity contribution in [3.05, 3.63) is 28.8 Å². The number of nitrogens with one attached hydrogen (secondary N) is 1. The molecule has 112 valence electrons. The summed E-state index contributed by atoms with van der Waals surface area (Å²) in [6.07, 6.45) is 2.08. The molecule has 0 aromatic heterocycles. The standard InChI is InChI=1S/C13H18ClNO3S2/c14-12-2-1-11(9-16)7-13(12)20(17,18)15-8-10-3-5-19-6-4-10/h1-2,7,10,15-16H,3-6,8-9H2. The first-order chi connectivity index (χ1) is 9.53. The molecule has 20 heavy (non-hydrogen) atoms. The molecule has 0 bridgehead atoms. The topological polar surface area (TPSA) is 66.4 Å². The van der Waals surface area contributed by atoms with Crippen LogP contribution in [0.3, 0.4) is 0 Å². The number of thioether (sulfide) groups is 1. The van der Waals surface area contributed by atoms with Crippen molar-refractivity contribution in [2.45, 2.75) is 24.3 Å². The number of hydrogen-bond donors (Lipinski definition) is 2. The van der Waals surface area contributed by atoms with Crippen molar-refractivity contribution in [1.29, 1.82) is 0 Å². The Morgan fingerprint density at radius 1 is 1.35 bits per heavy atom. The van der Waals surface area contributed by atoms with Gasteiger partial charge in [0.1, 0.15) is 4.90 Å². The monoisotopic (exact) mass is 335 g/mol. The van der Waals surface area contributed by atoms with Gasteiger partial charge in [0.05, 0.1) is 11.6 Å². The van der Waals surface area contributed by atoms with E-state index >= 15 is 0 Å². The van der Waals surface area contributed by atoms with E-state index in [1.807, 2.05) is 11.8 Å². The number of benzene rings is 1. The lowest BCUT2D eigenvalue weighted by molar-refractivity contribution is 0.281. The van der Waals surface area contributed by atoms with Gasteiger partial charge in [-0.15, -0.1) is 0 Å². The number of hydrogen-bond acceptors (Lipinski definition) is 4. The predicted octanol–water partition coefficient (Wildman–Crippen LogP) is 2.25. The van der Waals surface area contributed by atoms with Gasteiger partial charge in [-0.25, -0.2) is 13.1 Å². The highest BCUT2D eigenvalue weighted by Gasteiger charge is 2.21. The molecule has 1 aliphatic rings. The van der Waals surface area contributed by atoms with E-state index in [0.29, 0.717) is 18.0 Å². The van der Waals surface area contributed by atoms with E-state index in [1.165, 1.54) is 12.1 Å². The van der Waals surface area contributed by atoms with Crippen molar-refractivity contribution in [3.63, 3.8) is 0 Å². The minimum atomic E-state index is -3.62. The zero-order chi connectivity index (χ0) is 14.6. The van der Waals surface area contributed by atoms with Crippen LogP contribution in [-0.4, -0.2) is 31.6 Å². The zero-order valence-corrected chi connectivity index (χ0v) is 13.4. The van der Waals surface area contributed by atoms with Crippen molar-refractivity contribution in [1.82, 2.24) is 4.72 Å². The highest BCUT2D eigenvalue weighted by atomic mass is 35.5. The minimum Gasteiger partial charge on any atom is -0.392 e. The molecule has 4 nitrogen and oxygen atoms in total. The van der Waals surface area contributed by atoms with E-state index in [9.17, 15) is 8.42 Å². The van der Waals surface area contributed by atoms with Crippen LogP contribution in [0.5, 0.6) is 0 Å². The van der Waals surface area contributed by atoms with Gasteiger partial charge in [-0.05, 0) is 48.0 Å². The van der Waals surface area contributed by atoms with Crippen LogP contribution >= 0.6 is 23.4 Å². The first-order valence-electron chi connectivity index (χ1n) is 6.49. The van der Waals surface area contributed by atoms with E-state index in [-0.39, 0.29) is 16.5 Å². The fourth-order valence-corrected chi connectivity index (χ4v) is 4.98. The Morgan fingerprint density at radius 2 is 2.05 bits per heavy atom. The molecule has 1 aromatic carbocycles. The normalized spacial score (nSPS) is 17.3. The van der Waals surface area contributed by atoms with Crippen LogP contribution in [-0.2, 0) is 16.6 Å². The van der Waals surface area contributed by atoms with E-state index in [1.54, 1.807) is 6.07 Å². The summed E-state index contributed by atoms with van der Waals surface area (Å²) in [6, 6.07) is 4.53. The molecule has 1 saturated heterocycles.